The third-order valence-electron chi connectivity index (χ3n) is 5.34. The quantitative estimate of drug-likeness (QED) is 0.163. The van der Waals surface area contributed by atoms with E-state index in [9.17, 15) is 0 Å². The molecule has 0 spiro atoms. The summed E-state index contributed by atoms with van der Waals surface area (Å²) in [6.45, 7) is 6.45. The summed E-state index contributed by atoms with van der Waals surface area (Å²) in [6, 6.07) is 2.45. The van der Waals surface area contributed by atoms with Crippen LogP contribution in [0.15, 0.2) is 12.2 Å². The number of nitrogens with one attached hydrogen (secondary N) is 1. The highest BCUT2D eigenvalue weighted by molar-refractivity contribution is 4.84. The maximum atomic E-state index is 9.16. The molecule has 0 aliphatic carbocycles. The van der Waals surface area contributed by atoms with Crippen LogP contribution in [0.4, 0.5) is 0 Å². The minimum atomic E-state index is 0.208. The van der Waals surface area contributed by atoms with E-state index in [1.165, 1.54) is 103 Å². The van der Waals surface area contributed by atoms with Crippen LogP contribution in [0, 0.1) is 17.2 Å². The Kier molecular flexibility index (Phi) is 22.5. The van der Waals surface area contributed by atoms with Crippen LogP contribution in [0.25, 0.3) is 0 Å². The van der Waals surface area contributed by atoms with Crippen molar-refractivity contribution in [1.82, 2.24) is 5.32 Å². The minimum Gasteiger partial charge on any atom is -0.315 e. The molecule has 0 aromatic carbocycles. The van der Waals surface area contributed by atoms with Crippen molar-refractivity contribution in [3.8, 4) is 6.07 Å². The highest BCUT2D eigenvalue weighted by atomic mass is 14.8. The van der Waals surface area contributed by atoms with Crippen LogP contribution in [0.5, 0.6) is 0 Å². The molecule has 0 saturated carbocycles. The highest BCUT2D eigenvalue weighted by Gasteiger charge is 2.05. The fourth-order valence-electron chi connectivity index (χ4n) is 3.45. The molecule has 1 N–H and O–H groups in total. The van der Waals surface area contributed by atoms with E-state index in [-0.39, 0.29) is 5.92 Å². The molecule has 0 aliphatic rings. The number of hydrogen-bond donors (Lipinski definition) is 1. The minimum absolute atomic E-state index is 0.208. The van der Waals surface area contributed by atoms with Gasteiger partial charge in [0.2, 0.25) is 0 Å². The van der Waals surface area contributed by atoms with E-state index in [0.29, 0.717) is 0 Å². The Balaban J connectivity index is 3.24. The predicted molar refractivity (Wildman–Crippen MR) is 121 cm³/mol. The lowest BCUT2D eigenvalue weighted by Crippen LogP contribution is -2.23. The third kappa shape index (κ3) is 21.3. The number of nitrogens with zero attached hydrogens (tertiary/aromatic N) is 1. The Hall–Kier alpha value is -0.810. The fourth-order valence-corrected chi connectivity index (χ4v) is 3.45. The van der Waals surface area contributed by atoms with Gasteiger partial charge in [-0.1, -0.05) is 96.6 Å². The lowest BCUT2D eigenvalue weighted by Gasteiger charge is -2.10. The van der Waals surface area contributed by atoms with Crippen LogP contribution >= 0.6 is 0 Å². The van der Waals surface area contributed by atoms with E-state index in [0.717, 1.165) is 19.5 Å². The second kappa shape index (κ2) is 23.2. The summed E-state index contributed by atoms with van der Waals surface area (Å²) >= 11 is 0. The fraction of sp³-hybridized carbons (Fsp3) is 0.880. The average molecular weight is 377 g/mol. The predicted octanol–water partition coefficient (Wildman–Crippen LogP) is 7.94. The van der Waals surface area contributed by atoms with Gasteiger partial charge < -0.3 is 5.32 Å². The van der Waals surface area contributed by atoms with Gasteiger partial charge >= 0.3 is 0 Å². The maximum Gasteiger partial charge on any atom is 0.0669 e. The van der Waals surface area contributed by atoms with E-state index in [2.05, 4.69) is 37.4 Å². The topological polar surface area (TPSA) is 35.8 Å². The maximum absolute atomic E-state index is 9.16. The summed E-state index contributed by atoms with van der Waals surface area (Å²) in [5, 5.41) is 12.6. The molecule has 1 atom stereocenters. The summed E-state index contributed by atoms with van der Waals surface area (Å²) in [6.07, 6.45) is 27.1. The van der Waals surface area contributed by atoms with E-state index < -0.39 is 0 Å². The van der Waals surface area contributed by atoms with Gasteiger partial charge in [-0.05, 0) is 45.1 Å². The van der Waals surface area contributed by atoms with Crippen LogP contribution in [0.2, 0.25) is 0 Å². The Labute approximate surface area is 171 Å². The molecule has 1 unspecified atom stereocenters. The SMILES string of the molecule is CCCCCCCC/C=C\CCCCCCCNCC(C#N)CCCCC. The number of rotatable bonds is 21. The molecule has 27 heavy (non-hydrogen) atoms. The zero-order chi connectivity index (χ0) is 19.8. The lowest BCUT2D eigenvalue weighted by atomic mass is 10.0. The first-order valence-electron chi connectivity index (χ1n) is 12.1. The molecule has 0 aromatic heterocycles. The second-order valence-corrected chi connectivity index (χ2v) is 8.11. The van der Waals surface area contributed by atoms with Gasteiger partial charge in [0, 0.05) is 6.54 Å². The van der Waals surface area contributed by atoms with Crippen LogP contribution < -0.4 is 5.32 Å². The van der Waals surface area contributed by atoms with Gasteiger partial charge in [0.05, 0.1) is 12.0 Å². The standard InChI is InChI=1S/C25H48N2/c1-3-5-7-8-9-10-11-12-13-14-15-16-17-18-20-22-27-24-25(23-26)21-19-6-4-2/h12-13,25,27H,3-11,14-22,24H2,1-2H3/b13-12-. The van der Waals surface area contributed by atoms with Gasteiger partial charge in [-0.2, -0.15) is 5.26 Å². The molecule has 0 aromatic rings. The molecule has 2 heteroatoms. The van der Waals surface area contributed by atoms with Gasteiger partial charge in [0.1, 0.15) is 0 Å². The molecule has 0 rings (SSSR count). The molecule has 158 valence electrons. The summed E-state index contributed by atoms with van der Waals surface area (Å²) < 4.78 is 0. The van der Waals surface area contributed by atoms with Crippen molar-refractivity contribution in [2.75, 3.05) is 13.1 Å². The first-order valence-corrected chi connectivity index (χ1v) is 12.1. The molecular formula is C25H48N2. The number of nitriles is 1. The monoisotopic (exact) mass is 376 g/mol. The van der Waals surface area contributed by atoms with Crippen LogP contribution in [-0.4, -0.2) is 13.1 Å². The van der Waals surface area contributed by atoms with E-state index in [1.807, 2.05) is 0 Å². The van der Waals surface area contributed by atoms with Crippen molar-refractivity contribution in [2.24, 2.45) is 5.92 Å². The van der Waals surface area contributed by atoms with Gasteiger partial charge in [0.15, 0.2) is 0 Å². The van der Waals surface area contributed by atoms with Gasteiger partial charge in [-0.15, -0.1) is 0 Å². The molecular weight excluding hydrogens is 328 g/mol. The van der Waals surface area contributed by atoms with Crippen molar-refractivity contribution in [3.05, 3.63) is 12.2 Å². The van der Waals surface area contributed by atoms with E-state index in [1.54, 1.807) is 0 Å². The Morgan fingerprint density at radius 2 is 1.22 bits per heavy atom. The number of hydrogen-bond acceptors (Lipinski definition) is 2. The Bertz CT molecular complexity index is 343. The molecule has 0 bridgehead atoms. The second-order valence-electron chi connectivity index (χ2n) is 8.11. The molecule has 2 nitrogen and oxygen atoms in total. The largest absolute Gasteiger partial charge is 0.315 e. The molecule has 0 heterocycles. The van der Waals surface area contributed by atoms with Crippen molar-refractivity contribution in [3.63, 3.8) is 0 Å². The van der Waals surface area contributed by atoms with Crippen LogP contribution in [-0.2, 0) is 0 Å². The number of allylic oxidation sites excluding steroid dienone is 2. The molecule has 0 fully saturated rings. The summed E-state index contributed by atoms with van der Waals surface area (Å²) in [4.78, 5) is 0. The lowest BCUT2D eigenvalue weighted by molar-refractivity contribution is 0.492. The normalized spacial score (nSPS) is 12.5. The van der Waals surface area contributed by atoms with Crippen molar-refractivity contribution >= 4 is 0 Å². The average Bonchev–Trinajstić information content (AvgIpc) is 2.69. The molecule has 0 amide bonds. The van der Waals surface area contributed by atoms with Gasteiger partial charge in [-0.25, -0.2) is 0 Å². The summed E-state index contributed by atoms with van der Waals surface area (Å²) in [5.74, 6) is 0.208. The zero-order valence-corrected chi connectivity index (χ0v) is 18.6. The molecule has 0 radical (unpaired) electrons. The smallest absolute Gasteiger partial charge is 0.0669 e. The summed E-state index contributed by atoms with van der Waals surface area (Å²) in [7, 11) is 0. The third-order valence-corrected chi connectivity index (χ3v) is 5.34. The van der Waals surface area contributed by atoms with Crippen LogP contribution in [0.1, 0.15) is 123 Å². The number of unbranched alkanes of at least 4 members (excludes halogenated alkanes) is 13. The summed E-state index contributed by atoms with van der Waals surface area (Å²) in [5.41, 5.74) is 0. The van der Waals surface area contributed by atoms with Crippen molar-refractivity contribution in [1.29, 1.82) is 5.26 Å². The van der Waals surface area contributed by atoms with Crippen molar-refractivity contribution in [2.45, 2.75) is 123 Å². The van der Waals surface area contributed by atoms with Gasteiger partial charge in [-0.3, -0.25) is 0 Å². The Morgan fingerprint density at radius 3 is 1.81 bits per heavy atom. The zero-order valence-electron chi connectivity index (χ0n) is 18.6. The van der Waals surface area contributed by atoms with E-state index >= 15 is 0 Å². The first-order chi connectivity index (χ1) is 13.3. The van der Waals surface area contributed by atoms with E-state index in [4.69, 9.17) is 5.26 Å². The molecule has 0 saturated heterocycles. The Morgan fingerprint density at radius 1 is 0.704 bits per heavy atom. The first kappa shape index (κ1) is 26.2. The molecule has 0 aliphatic heterocycles. The van der Waals surface area contributed by atoms with Crippen LogP contribution in [0.3, 0.4) is 0 Å². The highest BCUT2D eigenvalue weighted by Crippen LogP contribution is 2.10. The van der Waals surface area contributed by atoms with Crippen molar-refractivity contribution < 1.29 is 0 Å². The van der Waals surface area contributed by atoms with Gasteiger partial charge in [0.25, 0.3) is 0 Å².